The van der Waals surface area contributed by atoms with E-state index in [1.54, 1.807) is 12.4 Å². The van der Waals surface area contributed by atoms with E-state index in [2.05, 4.69) is 11.9 Å². The molecule has 2 unspecified atom stereocenters. The molecule has 1 amide bonds. The molecular formula is C14H21N3O. The second-order valence-electron chi connectivity index (χ2n) is 5.24. The molecular weight excluding hydrogens is 226 g/mol. The average Bonchev–Trinajstić information content (AvgIpc) is 2.38. The van der Waals surface area contributed by atoms with E-state index in [1.807, 2.05) is 17.9 Å². The van der Waals surface area contributed by atoms with E-state index < -0.39 is 0 Å². The minimum atomic E-state index is 0.0804. The van der Waals surface area contributed by atoms with Crippen LogP contribution in [0.15, 0.2) is 18.5 Å². The molecule has 2 N–H and O–H groups in total. The highest BCUT2D eigenvalue weighted by atomic mass is 16.2. The molecule has 0 spiro atoms. The lowest BCUT2D eigenvalue weighted by atomic mass is 9.93. The number of nitrogens with zero attached hydrogens (tertiary/aromatic N) is 2. The summed E-state index contributed by atoms with van der Waals surface area (Å²) in [5.74, 6) is 0.514. The van der Waals surface area contributed by atoms with Gasteiger partial charge >= 0.3 is 0 Å². The maximum atomic E-state index is 12.5. The summed E-state index contributed by atoms with van der Waals surface area (Å²) in [7, 11) is 0. The van der Waals surface area contributed by atoms with E-state index in [1.165, 1.54) is 0 Å². The molecule has 1 saturated heterocycles. The number of amides is 1. The van der Waals surface area contributed by atoms with Gasteiger partial charge in [-0.1, -0.05) is 0 Å². The standard InChI is InChI=1S/C14H21N3O/c1-10-5-13(8-16-7-10)14(18)17-9-12(6-15)4-3-11(17)2/h5,7-8,11-12H,3-4,6,9,15H2,1-2H3. The number of hydrogen-bond acceptors (Lipinski definition) is 3. The first-order valence-electron chi connectivity index (χ1n) is 6.54. The van der Waals surface area contributed by atoms with Gasteiger partial charge in [0.15, 0.2) is 0 Å². The van der Waals surface area contributed by atoms with Gasteiger partial charge in [0.25, 0.3) is 5.91 Å². The van der Waals surface area contributed by atoms with Gasteiger partial charge in [-0.05, 0) is 50.8 Å². The zero-order chi connectivity index (χ0) is 13.1. The van der Waals surface area contributed by atoms with E-state index in [0.29, 0.717) is 24.1 Å². The van der Waals surface area contributed by atoms with Crippen LogP contribution in [0.3, 0.4) is 0 Å². The molecule has 1 aliphatic heterocycles. The Balaban J connectivity index is 2.16. The summed E-state index contributed by atoms with van der Waals surface area (Å²) in [6.07, 6.45) is 5.56. The number of rotatable bonds is 2. The van der Waals surface area contributed by atoms with Crippen LogP contribution in [-0.2, 0) is 0 Å². The van der Waals surface area contributed by atoms with Crippen LogP contribution in [0.2, 0.25) is 0 Å². The van der Waals surface area contributed by atoms with Crippen LogP contribution < -0.4 is 5.73 Å². The predicted octanol–water partition coefficient (Wildman–Crippen LogP) is 1.59. The molecule has 2 heterocycles. The maximum Gasteiger partial charge on any atom is 0.255 e. The van der Waals surface area contributed by atoms with E-state index in [-0.39, 0.29) is 5.91 Å². The van der Waals surface area contributed by atoms with Crippen LogP contribution in [0.5, 0.6) is 0 Å². The summed E-state index contributed by atoms with van der Waals surface area (Å²) in [6, 6.07) is 2.19. The Morgan fingerprint density at radius 2 is 2.28 bits per heavy atom. The number of hydrogen-bond donors (Lipinski definition) is 1. The van der Waals surface area contributed by atoms with Crippen molar-refractivity contribution in [2.24, 2.45) is 11.7 Å². The highest BCUT2D eigenvalue weighted by Crippen LogP contribution is 2.23. The van der Waals surface area contributed by atoms with Crippen LogP contribution in [0.25, 0.3) is 0 Å². The number of pyridine rings is 1. The number of piperidine rings is 1. The number of likely N-dealkylation sites (tertiary alicyclic amines) is 1. The minimum absolute atomic E-state index is 0.0804. The third-order valence-corrected chi connectivity index (χ3v) is 3.70. The molecule has 0 radical (unpaired) electrons. The lowest BCUT2D eigenvalue weighted by molar-refractivity contribution is 0.0566. The summed E-state index contributed by atoms with van der Waals surface area (Å²) in [6.45, 7) is 5.48. The van der Waals surface area contributed by atoms with Gasteiger partial charge in [0.1, 0.15) is 0 Å². The van der Waals surface area contributed by atoms with Crippen molar-refractivity contribution in [3.63, 3.8) is 0 Å². The van der Waals surface area contributed by atoms with E-state index in [0.717, 1.165) is 24.9 Å². The van der Waals surface area contributed by atoms with Crippen molar-refractivity contribution in [2.45, 2.75) is 32.7 Å². The summed E-state index contributed by atoms with van der Waals surface area (Å²) < 4.78 is 0. The molecule has 4 heteroatoms. The topological polar surface area (TPSA) is 59.2 Å². The molecule has 98 valence electrons. The fraction of sp³-hybridized carbons (Fsp3) is 0.571. The third kappa shape index (κ3) is 2.70. The van der Waals surface area contributed by atoms with Crippen LogP contribution in [0.4, 0.5) is 0 Å². The van der Waals surface area contributed by atoms with Crippen molar-refractivity contribution in [3.05, 3.63) is 29.6 Å². The van der Waals surface area contributed by atoms with Gasteiger partial charge in [-0.25, -0.2) is 0 Å². The summed E-state index contributed by atoms with van der Waals surface area (Å²) in [5.41, 5.74) is 7.42. The van der Waals surface area contributed by atoms with Gasteiger partial charge in [0.05, 0.1) is 5.56 Å². The zero-order valence-electron chi connectivity index (χ0n) is 11.1. The minimum Gasteiger partial charge on any atom is -0.336 e. The second-order valence-corrected chi connectivity index (χ2v) is 5.24. The summed E-state index contributed by atoms with van der Waals surface area (Å²) in [4.78, 5) is 18.5. The van der Waals surface area contributed by atoms with Crippen molar-refractivity contribution < 1.29 is 4.79 Å². The maximum absolute atomic E-state index is 12.5. The highest BCUT2D eigenvalue weighted by molar-refractivity contribution is 5.94. The molecule has 0 aliphatic carbocycles. The number of nitrogens with two attached hydrogens (primary N) is 1. The molecule has 2 atom stereocenters. The third-order valence-electron chi connectivity index (χ3n) is 3.70. The van der Waals surface area contributed by atoms with Gasteiger partial charge in [0, 0.05) is 25.0 Å². The van der Waals surface area contributed by atoms with Gasteiger partial charge in [-0.2, -0.15) is 0 Å². The Hall–Kier alpha value is -1.42. The molecule has 0 aromatic carbocycles. The van der Waals surface area contributed by atoms with E-state index in [9.17, 15) is 4.79 Å². The van der Waals surface area contributed by atoms with Crippen molar-refractivity contribution in [2.75, 3.05) is 13.1 Å². The number of carbonyl (C=O) groups is 1. The Labute approximate surface area is 108 Å². The molecule has 1 aliphatic rings. The molecule has 1 aromatic heterocycles. The van der Waals surface area contributed by atoms with Gasteiger partial charge in [-0.3, -0.25) is 9.78 Å². The molecule has 4 nitrogen and oxygen atoms in total. The Kier molecular flexibility index (Phi) is 3.97. The average molecular weight is 247 g/mol. The van der Waals surface area contributed by atoms with Gasteiger partial charge < -0.3 is 10.6 Å². The van der Waals surface area contributed by atoms with Crippen molar-refractivity contribution in [1.82, 2.24) is 9.88 Å². The van der Waals surface area contributed by atoms with Crippen LogP contribution in [0.1, 0.15) is 35.7 Å². The Morgan fingerprint density at radius 1 is 1.50 bits per heavy atom. The predicted molar refractivity (Wildman–Crippen MR) is 71.3 cm³/mol. The van der Waals surface area contributed by atoms with Crippen molar-refractivity contribution >= 4 is 5.91 Å². The largest absolute Gasteiger partial charge is 0.336 e. The molecule has 2 rings (SSSR count). The summed E-state index contributed by atoms with van der Waals surface area (Å²) in [5, 5.41) is 0. The number of aryl methyl sites for hydroxylation is 1. The molecule has 18 heavy (non-hydrogen) atoms. The van der Waals surface area contributed by atoms with E-state index >= 15 is 0 Å². The number of aromatic nitrogens is 1. The second kappa shape index (κ2) is 5.48. The lowest BCUT2D eigenvalue weighted by Gasteiger charge is -2.37. The highest BCUT2D eigenvalue weighted by Gasteiger charge is 2.28. The van der Waals surface area contributed by atoms with Crippen LogP contribution in [-0.4, -0.2) is 34.9 Å². The zero-order valence-corrected chi connectivity index (χ0v) is 11.1. The quantitative estimate of drug-likeness (QED) is 0.863. The molecule has 0 saturated carbocycles. The smallest absolute Gasteiger partial charge is 0.255 e. The van der Waals surface area contributed by atoms with E-state index in [4.69, 9.17) is 5.73 Å². The van der Waals surface area contributed by atoms with Gasteiger partial charge in [-0.15, -0.1) is 0 Å². The fourth-order valence-corrected chi connectivity index (χ4v) is 2.50. The van der Waals surface area contributed by atoms with Crippen molar-refractivity contribution in [1.29, 1.82) is 0 Å². The SMILES string of the molecule is Cc1cncc(C(=O)N2CC(CN)CCC2C)c1. The molecule has 1 aromatic rings. The van der Waals surface area contributed by atoms with Gasteiger partial charge in [0.2, 0.25) is 0 Å². The van der Waals surface area contributed by atoms with Crippen LogP contribution >= 0.6 is 0 Å². The Bertz CT molecular complexity index is 433. The monoisotopic (exact) mass is 247 g/mol. The van der Waals surface area contributed by atoms with Crippen molar-refractivity contribution in [3.8, 4) is 0 Å². The number of carbonyl (C=O) groups excluding carboxylic acids is 1. The fourth-order valence-electron chi connectivity index (χ4n) is 2.50. The normalized spacial score (nSPS) is 24.1. The molecule has 0 bridgehead atoms. The molecule has 1 fully saturated rings. The first-order chi connectivity index (χ1) is 8.61. The first-order valence-corrected chi connectivity index (χ1v) is 6.54. The Morgan fingerprint density at radius 3 is 2.94 bits per heavy atom. The lowest BCUT2D eigenvalue weighted by Crippen LogP contribution is -2.47. The van der Waals surface area contributed by atoms with Crippen LogP contribution in [0, 0.1) is 12.8 Å². The summed E-state index contributed by atoms with van der Waals surface area (Å²) >= 11 is 0. The first kappa shape index (κ1) is 13.0.